The highest BCUT2D eigenvalue weighted by Gasteiger charge is 2.54. The lowest BCUT2D eigenvalue weighted by Crippen LogP contribution is -2.52. The molecule has 0 radical (unpaired) electrons. The Hall–Kier alpha value is 0.414. The van der Waals surface area contributed by atoms with Crippen LogP contribution in [0, 0.1) is 0 Å². The molecule has 2 heterocycles. The molecule has 0 spiro atoms. The van der Waals surface area contributed by atoms with Gasteiger partial charge in [-0.2, -0.15) is 0 Å². The first-order valence-electron chi connectivity index (χ1n) is 7.55. The van der Waals surface area contributed by atoms with Gasteiger partial charge in [-0.05, 0) is 23.9 Å². The summed E-state index contributed by atoms with van der Waals surface area (Å²) in [4.78, 5) is 4.76. The van der Waals surface area contributed by atoms with Crippen molar-refractivity contribution in [2.45, 2.75) is 63.7 Å². The van der Waals surface area contributed by atoms with Crippen LogP contribution in [0.15, 0.2) is 4.99 Å². The fraction of sp³-hybridized carbons (Fsp3) is 0.923. The van der Waals surface area contributed by atoms with E-state index in [0.29, 0.717) is 6.17 Å². The van der Waals surface area contributed by atoms with E-state index in [4.69, 9.17) is 4.99 Å². The number of thioether (sulfide) groups is 1. The summed E-state index contributed by atoms with van der Waals surface area (Å²) in [5, 5.41) is 0. The van der Waals surface area contributed by atoms with E-state index in [2.05, 4.69) is 37.8 Å². The zero-order valence-electron chi connectivity index (χ0n) is 12.4. The Kier molecular flexibility index (Phi) is 4.78. The van der Waals surface area contributed by atoms with Crippen LogP contribution in [0.1, 0.15) is 27.7 Å². The molecule has 2 rings (SSSR count). The molecule has 0 aromatic carbocycles. The molecular weight excluding hydrogens is 272 g/mol. The fourth-order valence-corrected chi connectivity index (χ4v) is 21.9. The fourth-order valence-electron chi connectivity index (χ4n) is 3.89. The van der Waals surface area contributed by atoms with Crippen LogP contribution in [-0.4, -0.2) is 44.5 Å². The third-order valence-corrected chi connectivity index (χ3v) is 20.6. The zero-order valence-corrected chi connectivity index (χ0v) is 15.2. The molecule has 2 aliphatic heterocycles. The molecule has 0 amide bonds. The zero-order chi connectivity index (χ0) is 13.2. The van der Waals surface area contributed by atoms with Gasteiger partial charge in [0, 0.05) is 5.75 Å². The Morgan fingerprint density at radius 3 is 2.28 bits per heavy atom. The van der Waals surface area contributed by atoms with Crippen LogP contribution >= 0.6 is 11.8 Å². The Bertz CT molecular complexity index is 314. The maximum Gasteiger partial charge on any atom is 0.127 e. The smallest absolute Gasteiger partial charge is 0.127 e. The summed E-state index contributed by atoms with van der Waals surface area (Å²) in [6.45, 7) is 9.81. The van der Waals surface area contributed by atoms with Crippen molar-refractivity contribution in [1.29, 1.82) is 0 Å². The average molecular weight is 301 g/mol. The average Bonchev–Trinajstić information content (AvgIpc) is 3.05. The second-order valence-electron chi connectivity index (χ2n) is 6.01. The first kappa shape index (κ1) is 14.8. The van der Waals surface area contributed by atoms with Crippen molar-refractivity contribution in [3.05, 3.63) is 0 Å². The lowest BCUT2D eigenvalue weighted by atomic mass is 10.6. The molecule has 5 heteroatoms. The van der Waals surface area contributed by atoms with Gasteiger partial charge in [-0.25, -0.2) is 0 Å². The van der Waals surface area contributed by atoms with Gasteiger partial charge in [0.1, 0.15) is 14.4 Å². The highest BCUT2D eigenvalue weighted by Crippen LogP contribution is 2.43. The van der Waals surface area contributed by atoms with Gasteiger partial charge in [-0.15, -0.1) is 11.8 Å². The van der Waals surface area contributed by atoms with Crippen LogP contribution in [0.25, 0.3) is 0 Å². The molecule has 0 aromatic heterocycles. The quantitative estimate of drug-likeness (QED) is 0.714. The molecule has 0 saturated carbocycles. The standard InChI is InChI=1S/C13H28N2SSi2/c1-5-17(6-2)11-15(13-9-16-10-14-13)18(7-3,8-4)12-17/h10,13H,5-9,11-12H2,1-4H3. The first-order chi connectivity index (χ1) is 8.65. The van der Waals surface area contributed by atoms with Gasteiger partial charge in [0.2, 0.25) is 0 Å². The molecule has 1 fully saturated rings. The van der Waals surface area contributed by atoms with Crippen molar-refractivity contribution in [2.24, 2.45) is 4.99 Å². The summed E-state index contributed by atoms with van der Waals surface area (Å²) in [5.41, 5.74) is 3.74. The molecule has 104 valence electrons. The van der Waals surface area contributed by atoms with E-state index >= 15 is 0 Å². The topological polar surface area (TPSA) is 15.6 Å². The molecule has 1 atom stereocenters. The van der Waals surface area contributed by atoms with Crippen molar-refractivity contribution in [3.63, 3.8) is 0 Å². The minimum Gasteiger partial charge on any atom is -0.305 e. The Morgan fingerprint density at radius 2 is 1.83 bits per heavy atom. The molecule has 2 nitrogen and oxygen atoms in total. The largest absolute Gasteiger partial charge is 0.305 e. The van der Waals surface area contributed by atoms with Crippen LogP contribution in [0.3, 0.4) is 0 Å². The second-order valence-corrected chi connectivity index (χ2v) is 17.5. The molecule has 0 aliphatic carbocycles. The molecule has 0 aromatic rings. The van der Waals surface area contributed by atoms with Gasteiger partial charge < -0.3 is 4.57 Å². The summed E-state index contributed by atoms with van der Waals surface area (Å²) in [6, 6.07) is 5.85. The Balaban J connectivity index is 2.27. The summed E-state index contributed by atoms with van der Waals surface area (Å²) < 4.78 is 2.95. The molecule has 2 aliphatic rings. The molecule has 1 unspecified atom stereocenters. The predicted octanol–water partition coefficient (Wildman–Crippen LogP) is 3.96. The number of hydrogen-bond donors (Lipinski definition) is 0. The van der Waals surface area contributed by atoms with E-state index in [1.165, 1.54) is 36.1 Å². The van der Waals surface area contributed by atoms with Crippen LogP contribution in [0.2, 0.25) is 29.8 Å². The van der Waals surface area contributed by atoms with Gasteiger partial charge in [-0.3, -0.25) is 4.99 Å². The number of aliphatic imine (C=N–C) groups is 1. The summed E-state index contributed by atoms with van der Waals surface area (Å²) in [6.07, 6.45) is 1.99. The minimum atomic E-state index is -1.18. The van der Waals surface area contributed by atoms with Crippen molar-refractivity contribution >= 4 is 33.6 Å². The minimum absolute atomic E-state index is 0.536. The van der Waals surface area contributed by atoms with Crippen LogP contribution in [0.4, 0.5) is 0 Å². The third kappa shape index (κ3) is 2.39. The van der Waals surface area contributed by atoms with Crippen LogP contribution in [0.5, 0.6) is 0 Å². The molecule has 0 bridgehead atoms. The highest BCUT2D eigenvalue weighted by molar-refractivity contribution is 8.12. The predicted molar refractivity (Wildman–Crippen MR) is 89.7 cm³/mol. The number of nitrogens with zero attached hydrogens (tertiary/aromatic N) is 2. The van der Waals surface area contributed by atoms with Crippen molar-refractivity contribution in [1.82, 2.24) is 4.57 Å². The molecule has 18 heavy (non-hydrogen) atoms. The SMILES string of the molecule is CC[Si]1(CC)CN(C2CSC=N2)[Si](CC)(CC)C1. The van der Waals surface area contributed by atoms with Crippen molar-refractivity contribution in [2.75, 3.05) is 11.9 Å². The highest BCUT2D eigenvalue weighted by atomic mass is 32.2. The summed E-state index contributed by atoms with van der Waals surface area (Å²) in [5.74, 6) is 1.21. The summed E-state index contributed by atoms with van der Waals surface area (Å²) >= 11 is 1.91. The molecular formula is C13H28N2SSi2. The first-order valence-corrected chi connectivity index (χ1v) is 14.0. The third-order valence-electron chi connectivity index (χ3n) is 5.55. The monoisotopic (exact) mass is 300 g/mol. The number of rotatable bonds is 5. The number of hydrogen-bond acceptors (Lipinski definition) is 3. The Morgan fingerprint density at radius 1 is 1.17 bits per heavy atom. The van der Waals surface area contributed by atoms with E-state index in [9.17, 15) is 0 Å². The van der Waals surface area contributed by atoms with E-state index in [1.54, 1.807) is 5.67 Å². The van der Waals surface area contributed by atoms with E-state index < -0.39 is 16.3 Å². The van der Waals surface area contributed by atoms with Gasteiger partial charge in [0.15, 0.2) is 0 Å². The normalized spacial score (nSPS) is 30.1. The van der Waals surface area contributed by atoms with E-state index in [-0.39, 0.29) is 0 Å². The van der Waals surface area contributed by atoms with Crippen molar-refractivity contribution < 1.29 is 0 Å². The molecule has 0 N–H and O–H groups in total. The van der Waals surface area contributed by atoms with Crippen molar-refractivity contribution in [3.8, 4) is 0 Å². The van der Waals surface area contributed by atoms with Gasteiger partial charge in [0.05, 0.1) is 13.6 Å². The maximum absolute atomic E-state index is 4.76. The van der Waals surface area contributed by atoms with Crippen LogP contribution < -0.4 is 0 Å². The van der Waals surface area contributed by atoms with E-state index in [1.807, 2.05) is 11.8 Å². The lowest BCUT2D eigenvalue weighted by Gasteiger charge is -2.38. The summed E-state index contributed by atoms with van der Waals surface area (Å²) in [7, 11) is -2.17. The lowest BCUT2D eigenvalue weighted by molar-refractivity contribution is 0.397. The van der Waals surface area contributed by atoms with Crippen LogP contribution in [-0.2, 0) is 0 Å². The maximum atomic E-state index is 4.76. The van der Waals surface area contributed by atoms with E-state index in [0.717, 1.165) is 0 Å². The molecule has 1 saturated heterocycles. The van der Waals surface area contributed by atoms with Gasteiger partial charge >= 0.3 is 0 Å². The van der Waals surface area contributed by atoms with Gasteiger partial charge in [0.25, 0.3) is 0 Å². The van der Waals surface area contributed by atoms with Gasteiger partial charge in [-0.1, -0.05) is 39.8 Å². The Labute approximate surface area is 119 Å². The second kappa shape index (κ2) is 5.81.